The molecule has 0 spiro atoms. The van der Waals surface area contributed by atoms with Gasteiger partial charge in [0.05, 0.1) is 23.1 Å². The summed E-state index contributed by atoms with van der Waals surface area (Å²) in [6.45, 7) is 17.9. The van der Waals surface area contributed by atoms with Gasteiger partial charge < -0.3 is 16.2 Å². The van der Waals surface area contributed by atoms with Crippen molar-refractivity contribution >= 4 is 39.2 Å². The maximum atomic E-state index is 12.2. The average molecular weight is 731 g/mol. The van der Waals surface area contributed by atoms with Crippen molar-refractivity contribution in [2.75, 3.05) is 11.1 Å². The minimum atomic E-state index is -0.845. The van der Waals surface area contributed by atoms with Gasteiger partial charge in [0, 0.05) is 41.0 Å². The summed E-state index contributed by atoms with van der Waals surface area (Å²) >= 11 is 3.30. The standard InChI is InChI=1S/C15H16N2O.C9H10O2.C6H6BrN.C6H8N2.2C2H6/c1-3-12-6-4-5-7-14(12)15(18)17-13-8-11(2)9-16-10-13;1-2-7-5-3-4-6-8(7)9(10)11;2*1-5-2-6(7)4-8-3-5;2*1-2/h4-10H,3H2,1-2H3,(H,17,18);3-6H,2H2,1H3,(H,10,11);2-4H,1H3;2-4H,7H2,1H3;2*1-2H3. The van der Waals surface area contributed by atoms with Crippen LogP contribution < -0.4 is 11.1 Å². The lowest BCUT2D eigenvalue weighted by Crippen LogP contribution is -2.14. The normalized spacial score (nSPS) is 9.10. The van der Waals surface area contributed by atoms with Gasteiger partial charge in [0.1, 0.15) is 0 Å². The fraction of sp³-hybridized carbons (Fsp3) is 0.275. The fourth-order valence-electron chi connectivity index (χ4n) is 4.01. The number of nitrogens with one attached hydrogen (secondary N) is 1. The van der Waals surface area contributed by atoms with Crippen molar-refractivity contribution < 1.29 is 14.7 Å². The van der Waals surface area contributed by atoms with E-state index in [0.29, 0.717) is 5.56 Å². The van der Waals surface area contributed by atoms with E-state index in [1.54, 1.807) is 43.1 Å². The Kier molecular flexibility index (Phi) is 23.5. The topological polar surface area (TPSA) is 131 Å². The Hall–Kier alpha value is -4.89. The van der Waals surface area contributed by atoms with Gasteiger partial charge in [0.25, 0.3) is 5.91 Å². The lowest BCUT2D eigenvalue weighted by molar-refractivity contribution is 0.0695. The molecule has 0 saturated heterocycles. The van der Waals surface area contributed by atoms with Crippen molar-refractivity contribution in [1.82, 2.24) is 15.0 Å². The number of hydrogen-bond donors (Lipinski definition) is 3. The molecule has 8 nitrogen and oxygen atoms in total. The first-order valence-electron chi connectivity index (χ1n) is 16.4. The minimum Gasteiger partial charge on any atom is -0.478 e. The van der Waals surface area contributed by atoms with Crippen molar-refractivity contribution in [3.63, 3.8) is 0 Å². The number of halogens is 1. The Balaban J connectivity index is 0.000000641. The van der Waals surface area contributed by atoms with Crippen molar-refractivity contribution in [3.05, 3.63) is 147 Å². The van der Waals surface area contributed by atoms with Crippen LogP contribution in [0.5, 0.6) is 0 Å². The van der Waals surface area contributed by atoms with Crippen LogP contribution in [0.2, 0.25) is 0 Å². The summed E-state index contributed by atoms with van der Waals surface area (Å²) < 4.78 is 1.04. The summed E-state index contributed by atoms with van der Waals surface area (Å²) in [6, 6.07) is 20.5. The Morgan fingerprint density at radius 1 is 0.673 bits per heavy atom. The molecule has 2 aromatic carbocycles. The van der Waals surface area contributed by atoms with E-state index >= 15 is 0 Å². The third-order valence-electron chi connectivity index (χ3n) is 6.14. The zero-order valence-electron chi connectivity index (χ0n) is 30.3. The molecule has 0 bridgehead atoms. The highest BCUT2D eigenvalue weighted by atomic mass is 79.9. The maximum absolute atomic E-state index is 12.2. The smallest absolute Gasteiger partial charge is 0.335 e. The number of pyridine rings is 3. The van der Waals surface area contributed by atoms with Gasteiger partial charge in [-0.2, -0.15) is 0 Å². The van der Waals surface area contributed by atoms with Crippen LogP contribution in [-0.2, 0) is 12.8 Å². The molecule has 0 atom stereocenters. The number of aryl methyl sites for hydroxylation is 5. The zero-order chi connectivity index (χ0) is 37.2. The third-order valence-corrected chi connectivity index (χ3v) is 6.58. The van der Waals surface area contributed by atoms with Gasteiger partial charge in [-0.05, 0) is 108 Å². The second-order valence-corrected chi connectivity index (χ2v) is 10.9. The van der Waals surface area contributed by atoms with Crippen molar-refractivity contribution in [3.8, 4) is 0 Å². The fourth-order valence-corrected chi connectivity index (χ4v) is 4.48. The van der Waals surface area contributed by atoms with E-state index in [-0.39, 0.29) is 5.91 Å². The number of carboxylic acid groups (broad SMARTS) is 1. The van der Waals surface area contributed by atoms with Gasteiger partial charge in [-0.25, -0.2) is 4.79 Å². The highest BCUT2D eigenvalue weighted by molar-refractivity contribution is 9.10. The predicted octanol–water partition coefficient (Wildman–Crippen LogP) is 10.3. The number of aromatic carboxylic acids is 1. The number of hydrogen-bond acceptors (Lipinski definition) is 6. The monoisotopic (exact) mass is 729 g/mol. The van der Waals surface area contributed by atoms with E-state index in [4.69, 9.17) is 10.8 Å². The van der Waals surface area contributed by atoms with E-state index in [9.17, 15) is 9.59 Å². The molecule has 262 valence electrons. The van der Waals surface area contributed by atoms with E-state index in [0.717, 1.165) is 56.5 Å². The summed E-state index contributed by atoms with van der Waals surface area (Å²) in [4.78, 5) is 34.6. The van der Waals surface area contributed by atoms with Crippen LogP contribution in [0.25, 0.3) is 0 Å². The molecule has 4 N–H and O–H groups in total. The summed E-state index contributed by atoms with van der Waals surface area (Å²) in [5.41, 5.74) is 13.2. The van der Waals surface area contributed by atoms with Gasteiger partial charge in [-0.3, -0.25) is 19.7 Å². The van der Waals surface area contributed by atoms with E-state index in [1.165, 1.54) is 5.56 Å². The quantitative estimate of drug-likeness (QED) is 0.164. The van der Waals surface area contributed by atoms with Crippen LogP contribution >= 0.6 is 15.9 Å². The SMILES string of the molecule is CC.CC.CCc1ccccc1C(=O)Nc1cncc(C)c1.CCc1ccccc1C(=O)O.Cc1cncc(Br)c1.Cc1cncc(N)c1. The molecule has 0 aliphatic rings. The maximum Gasteiger partial charge on any atom is 0.335 e. The van der Waals surface area contributed by atoms with Gasteiger partial charge >= 0.3 is 5.97 Å². The highest BCUT2D eigenvalue weighted by Gasteiger charge is 2.10. The number of amides is 1. The Morgan fingerprint density at radius 2 is 1.12 bits per heavy atom. The molecule has 0 radical (unpaired) electrons. The van der Waals surface area contributed by atoms with Crippen LogP contribution in [-0.4, -0.2) is 31.9 Å². The first kappa shape index (κ1) is 44.1. The number of carbonyl (C=O) groups is 2. The molecule has 5 aromatic rings. The van der Waals surface area contributed by atoms with Crippen molar-refractivity contribution in [2.24, 2.45) is 0 Å². The number of rotatable bonds is 5. The number of benzene rings is 2. The number of carboxylic acids is 1. The first-order valence-corrected chi connectivity index (χ1v) is 17.2. The Morgan fingerprint density at radius 3 is 1.51 bits per heavy atom. The number of nitrogens with zero attached hydrogens (tertiary/aromatic N) is 3. The number of nitrogens with two attached hydrogens (primary N) is 1. The van der Waals surface area contributed by atoms with Crippen molar-refractivity contribution in [2.45, 2.75) is 75.2 Å². The largest absolute Gasteiger partial charge is 0.478 e. The van der Waals surface area contributed by atoms with Crippen LogP contribution in [0.15, 0.2) is 108 Å². The van der Waals surface area contributed by atoms with Crippen LogP contribution in [0.3, 0.4) is 0 Å². The van der Waals surface area contributed by atoms with Gasteiger partial charge in [0.15, 0.2) is 0 Å². The van der Waals surface area contributed by atoms with E-state index < -0.39 is 5.97 Å². The first-order chi connectivity index (χ1) is 23.5. The Bertz CT molecular complexity index is 1600. The Labute approximate surface area is 301 Å². The molecule has 0 aliphatic heterocycles. The van der Waals surface area contributed by atoms with Gasteiger partial charge in [-0.1, -0.05) is 77.9 Å². The summed E-state index contributed by atoms with van der Waals surface area (Å²) in [5.74, 6) is -0.928. The summed E-state index contributed by atoms with van der Waals surface area (Å²) in [5, 5.41) is 11.6. The number of anilines is 2. The van der Waals surface area contributed by atoms with E-state index in [1.807, 2.05) is 123 Å². The molecule has 3 aromatic heterocycles. The molecule has 9 heteroatoms. The summed E-state index contributed by atoms with van der Waals surface area (Å²) in [7, 11) is 0. The third kappa shape index (κ3) is 18.3. The molecule has 1 amide bonds. The van der Waals surface area contributed by atoms with Gasteiger partial charge in [0.2, 0.25) is 0 Å². The lowest BCUT2D eigenvalue weighted by atomic mass is 10.0. The highest BCUT2D eigenvalue weighted by Crippen LogP contribution is 2.14. The molecule has 3 heterocycles. The summed E-state index contributed by atoms with van der Waals surface area (Å²) in [6.07, 6.45) is 12.0. The second-order valence-electron chi connectivity index (χ2n) is 10.0. The lowest BCUT2D eigenvalue weighted by Gasteiger charge is -2.08. The second kappa shape index (κ2) is 26.1. The van der Waals surface area contributed by atoms with E-state index in [2.05, 4.69) is 36.2 Å². The molecular weight excluding hydrogens is 678 g/mol. The molecule has 0 saturated carbocycles. The molecule has 0 unspecified atom stereocenters. The molecule has 0 aliphatic carbocycles. The van der Waals surface area contributed by atoms with Crippen molar-refractivity contribution in [1.29, 1.82) is 0 Å². The average Bonchev–Trinajstić information content (AvgIpc) is 3.10. The van der Waals surface area contributed by atoms with Crippen LogP contribution in [0.4, 0.5) is 11.4 Å². The molecule has 0 fully saturated rings. The molecule has 49 heavy (non-hydrogen) atoms. The van der Waals surface area contributed by atoms with Gasteiger partial charge in [-0.15, -0.1) is 0 Å². The zero-order valence-corrected chi connectivity index (χ0v) is 31.9. The minimum absolute atomic E-state index is 0.0835. The molecular formula is C40H52BrN5O3. The number of carbonyl (C=O) groups excluding carboxylic acids is 1. The number of nitrogen functional groups attached to an aromatic ring is 1. The predicted molar refractivity (Wildman–Crippen MR) is 208 cm³/mol. The molecule has 5 rings (SSSR count). The van der Waals surface area contributed by atoms with Crippen LogP contribution in [0, 0.1) is 20.8 Å². The van der Waals surface area contributed by atoms with Crippen LogP contribution in [0.1, 0.15) is 90.1 Å². The number of aromatic nitrogens is 3.